The number of rotatable bonds is 5. The van der Waals surface area contributed by atoms with Crippen LogP contribution in [-0.4, -0.2) is 24.2 Å². The molecule has 0 amide bonds. The maximum atomic E-state index is 5.63. The number of nitrogens with zero attached hydrogens (tertiary/aromatic N) is 1. The van der Waals surface area contributed by atoms with Crippen LogP contribution < -0.4 is 10.1 Å². The first kappa shape index (κ1) is 13.1. The van der Waals surface area contributed by atoms with Crippen LogP contribution in [-0.2, 0) is 0 Å². The Labute approximate surface area is 109 Å². The van der Waals surface area contributed by atoms with Crippen molar-refractivity contribution in [1.29, 1.82) is 0 Å². The molecular formula is C15H22N2O. The van der Waals surface area contributed by atoms with E-state index in [9.17, 15) is 0 Å². The quantitative estimate of drug-likeness (QED) is 0.867. The molecule has 1 aromatic rings. The van der Waals surface area contributed by atoms with Gasteiger partial charge in [-0.25, -0.2) is 0 Å². The average Bonchev–Trinajstić information content (AvgIpc) is 2.82. The third-order valence-corrected chi connectivity index (χ3v) is 3.05. The predicted molar refractivity (Wildman–Crippen MR) is 74.6 cm³/mol. The number of hydrogen-bond acceptors (Lipinski definition) is 3. The second kappa shape index (κ2) is 6.55. The number of aromatic nitrogens is 1. The van der Waals surface area contributed by atoms with Crippen molar-refractivity contribution in [2.45, 2.75) is 32.8 Å². The van der Waals surface area contributed by atoms with Crippen LogP contribution in [0.2, 0.25) is 0 Å². The summed E-state index contributed by atoms with van der Waals surface area (Å²) in [6, 6.07) is 2.04. The zero-order valence-corrected chi connectivity index (χ0v) is 11.2. The Morgan fingerprint density at radius 3 is 3.11 bits per heavy atom. The van der Waals surface area contributed by atoms with Crippen molar-refractivity contribution in [1.82, 2.24) is 10.3 Å². The van der Waals surface area contributed by atoms with E-state index < -0.39 is 0 Å². The van der Waals surface area contributed by atoms with Crippen LogP contribution in [0.4, 0.5) is 0 Å². The highest BCUT2D eigenvalue weighted by atomic mass is 16.5. The molecule has 0 saturated carbocycles. The van der Waals surface area contributed by atoms with E-state index in [0.717, 1.165) is 36.7 Å². The number of pyridine rings is 1. The zero-order valence-electron chi connectivity index (χ0n) is 11.2. The van der Waals surface area contributed by atoms with Crippen LogP contribution in [0.15, 0.2) is 24.5 Å². The average molecular weight is 246 g/mol. The second-order valence-corrected chi connectivity index (χ2v) is 5.12. The third kappa shape index (κ3) is 4.15. The molecule has 0 aromatic carbocycles. The first-order valence-electron chi connectivity index (χ1n) is 6.73. The largest absolute Gasteiger partial charge is 0.489 e. The molecule has 2 heterocycles. The van der Waals surface area contributed by atoms with Crippen LogP contribution in [0.5, 0.6) is 5.75 Å². The standard InChI is InChI=1S/C15H22N2O/c1-12(2)18-15-8-14(10-17-11-15)5-3-4-13-6-7-16-9-13/h3,5,8,10-13,16H,4,6-7,9H2,1-2H3. The molecule has 1 N–H and O–H groups in total. The molecule has 1 fully saturated rings. The predicted octanol–water partition coefficient (Wildman–Crippen LogP) is 2.88. The highest BCUT2D eigenvalue weighted by molar-refractivity contribution is 5.49. The van der Waals surface area contributed by atoms with Gasteiger partial charge >= 0.3 is 0 Å². The van der Waals surface area contributed by atoms with Gasteiger partial charge in [0.1, 0.15) is 5.75 Å². The van der Waals surface area contributed by atoms with Crippen molar-refractivity contribution in [3.8, 4) is 5.75 Å². The highest BCUT2D eigenvalue weighted by Gasteiger charge is 2.11. The summed E-state index contributed by atoms with van der Waals surface area (Å²) in [5, 5.41) is 3.39. The van der Waals surface area contributed by atoms with E-state index in [1.54, 1.807) is 6.20 Å². The minimum Gasteiger partial charge on any atom is -0.489 e. The number of hydrogen-bond donors (Lipinski definition) is 1. The van der Waals surface area contributed by atoms with E-state index in [2.05, 4.69) is 22.5 Å². The van der Waals surface area contributed by atoms with Crippen molar-refractivity contribution < 1.29 is 4.74 Å². The van der Waals surface area contributed by atoms with Gasteiger partial charge in [-0.15, -0.1) is 0 Å². The molecule has 1 aliphatic rings. The summed E-state index contributed by atoms with van der Waals surface area (Å²) in [4.78, 5) is 4.20. The molecule has 3 nitrogen and oxygen atoms in total. The normalized spacial score (nSPS) is 19.8. The molecule has 1 aromatic heterocycles. The van der Waals surface area contributed by atoms with Crippen LogP contribution in [0.1, 0.15) is 32.3 Å². The fourth-order valence-electron chi connectivity index (χ4n) is 2.18. The third-order valence-electron chi connectivity index (χ3n) is 3.05. The van der Waals surface area contributed by atoms with Gasteiger partial charge in [0.05, 0.1) is 12.3 Å². The van der Waals surface area contributed by atoms with E-state index in [0.29, 0.717) is 0 Å². The van der Waals surface area contributed by atoms with Crippen LogP contribution >= 0.6 is 0 Å². The van der Waals surface area contributed by atoms with Gasteiger partial charge in [-0.05, 0) is 57.3 Å². The fourth-order valence-corrected chi connectivity index (χ4v) is 2.18. The van der Waals surface area contributed by atoms with E-state index in [1.165, 1.54) is 6.42 Å². The smallest absolute Gasteiger partial charge is 0.138 e. The van der Waals surface area contributed by atoms with Crippen LogP contribution in [0.25, 0.3) is 6.08 Å². The van der Waals surface area contributed by atoms with Gasteiger partial charge in [-0.2, -0.15) is 0 Å². The molecule has 0 bridgehead atoms. The molecule has 1 saturated heterocycles. The second-order valence-electron chi connectivity index (χ2n) is 5.12. The topological polar surface area (TPSA) is 34.1 Å². The Bertz CT molecular complexity index is 395. The van der Waals surface area contributed by atoms with Gasteiger partial charge in [0.2, 0.25) is 0 Å². The van der Waals surface area contributed by atoms with Gasteiger partial charge in [0.15, 0.2) is 0 Å². The van der Waals surface area contributed by atoms with Gasteiger partial charge in [0.25, 0.3) is 0 Å². The lowest BCUT2D eigenvalue weighted by Gasteiger charge is -2.09. The molecule has 1 atom stereocenters. The SMILES string of the molecule is CC(C)Oc1cncc(C=CCC2CCNC2)c1. The number of nitrogens with one attached hydrogen (secondary N) is 1. The van der Waals surface area contributed by atoms with Crippen molar-refractivity contribution in [2.75, 3.05) is 13.1 Å². The Morgan fingerprint density at radius 1 is 1.50 bits per heavy atom. The Morgan fingerprint density at radius 2 is 2.39 bits per heavy atom. The monoisotopic (exact) mass is 246 g/mol. The molecule has 1 aliphatic heterocycles. The summed E-state index contributed by atoms with van der Waals surface area (Å²) in [5.41, 5.74) is 1.11. The minimum atomic E-state index is 0.190. The van der Waals surface area contributed by atoms with E-state index >= 15 is 0 Å². The lowest BCUT2D eigenvalue weighted by molar-refractivity contribution is 0.241. The molecule has 1 unspecified atom stereocenters. The number of ether oxygens (including phenoxy) is 1. The molecular weight excluding hydrogens is 224 g/mol. The molecule has 18 heavy (non-hydrogen) atoms. The molecule has 98 valence electrons. The van der Waals surface area contributed by atoms with Crippen LogP contribution in [0, 0.1) is 5.92 Å². The molecule has 0 radical (unpaired) electrons. The highest BCUT2D eigenvalue weighted by Crippen LogP contribution is 2.16. The lowest BCUT2D eigenvalue weighted by Crippen LogP contribution is -2.08. The molecule has 3 heteroatoms. The summed E-state index contributed by atoms with van der Waals surface area (Å²) in [6.07, 6.45) is 10.6. The summed E-state index contributed by atoms with van der Waals surface area (Å²) in [5.74, 6) is 1.64. The molecule has 0 aliphatic carbocycles. The van der Waals surface area contributed by atoms with Gasteiger partial charge in [0, 0.05) is 6.20 Å². The van der Waals surface area contributed by atoms with E-state index in [1.807, 2.05) is 26.1 Å². The fraction of sp³-hybridized carbons (Fsp3) is 0.533. The first-order chi connectivity index (χ1) is 8.74. The van der Waals surface area contributed by atoms with Crippen molar-refractivity contribution in [2.24, 2.45) is 5.92 Å². The molecule has 0 spiro atoms. The Kier molecular flexibility index (Phi) is 4.76. The summed E-state index contributed by atoms with van der Waals surface area (Å²) >= 11 is 0. The Hall–Kier alpha value is -1.35. The van der Waals surface area contributed by atoms with E-state index in [4.69, 9.17) is 4.74 Å². The zero-order chi connectivity index (χ0) is 12.8. The van der Waals surface area contributed by atoms with Gasteiger partial charge < -0.3 is 10.1 Å². The lowest BCUT2D eigenvalue weighted by atomic mass is 10.0. The van der Waals surface area contributed by atoms with Gasteiger partial charge in [-0.3, -0.25) is 4.98 Å². The number of allylic oxidation sites excluding steroid dienone is 1. The van der Waals surface area contributed by atoms with Gasteiger partial charge in [-0.1, -0.05) is 12.2 Å². The van der Waals surface area contributed by atoms with Crippen molar-refractivity contribution >= 4 is 6.08 Å². The maximum Gasteiger partial charge on any atom is 0.138 e. The van der Waals surface area contributed by atoms with Crippen molar-refractivity contribution in [3.05, 3.63) is 30.1 Å². The summed E-state index contributed by atoms with van der Waals surface area (Å²) < 4.78 is 5.63. The summed E-state index contributed by atoms with van der Waals surface area (Å²) in [6.45, 7) is 6.36. The molecule has 2 rings (SSSR count). The van der Waals surface area contributed by atoms with Crippen molar-refractivity contribution in [3.63, 3.8) is 0 Å². The summed E-state index contributed by atoms with van der Waals surface area (Å²) in [7, 11) is 0. The Balaban J connectivity index is 1.89. The minimum absolute atomic E-state index is 0.190. The van der Waals surface area contributed by atoms with Crippen LogP contribution in [0.3, 0.4) is 0 Å². The van der Waals surface area contributed by atoms with E-state index in [-0.39, 0.29) is 6.10 Å². The maximum absolute atomic E-state index is 5.63. The first-order valence-corrected chi connectivity index (χ1v) is 6.73.